The highest BCUT2D eigenvalue weighted by Crippen LogP contribution is 2.25. The SMILES string of the molecule is CC(C)(C)OC(=O)N1CCC(n2cccc2C(=O)NCCOc2ccccc2)CC1. The number of para-hydroxylation sites is 1. The van der Waals surface area contributed by atoms with Crippen LogP contribution in [0.5, 0.6) is 5.75 Å². The van der Waals surface area contributed by atoms with Crippen LogP contribution in [0, 0.1) is 0 Å². The largest absolute Gasteiger partial charge is 0.492 e. The molecule has 1 aliphatic rings. The Labute approximate surface area is 178 Å². The van der Waals surface area contributed by atoms with E-state index in [4.69, 9.17) is 9.47 Å². The maximum absolute atomic E-state index is 12.6. The summed E-state index contributed by atoms with van der Waals surface area (Å²) in [7, 11) is 0. The van der Waals surface area contributed by atoms with E-state index in [0.29, 0.717) is 31.9 Å². The van der Waals surface area contributed by atoms with Crippen LogP contribution in [-0.4, -0.2) is 53.3 Å². The molecule has 1 saturated heterocycles. The van der Waals surface area contributed by atoms with Crippen molar-refractivity contribution < 1.29 is 19.1 Å². The van der Waals surface area contributed by atoms with E-state index in [0.717, 1.165) is 18.6 Å². The molecule has 2 heterocycles. The summed E-state index contributed by atoms with van der Waals surface area (Å²) < 4.78 is 13.1. The van der Waals surface area contributed by atoms with E-state index in [1.165, 1.54) is 0 Å². The topological polar surface area (TPSA) is 72.8 Å². The Balaban J connectivity index is 1.48. The van der Waals surface area contributed by atoms with Crippen LogP contribution in [-0.2, 0) is 4.74 Å². The molecular weight excluding hydrogens is 382 g/mol. The molecule has 1 aliphatic heterocycles. The third-order valence-corrected chi connectivity index (χ3v) is 4.92. The van der Waals surface area contributed by atoms with Crippen molar-refractivity contribution in [1.29, 1.82) is 0 Å². The van der Waals surface area contributed by atoms with Gasteiger partial charge in [0.1, 0.15) is 23.7 Å². The van der Waals surface area contributed by atoms with Crippen molar-refractivity contribution in [3.8, 4) is 5.75 Å². The Hall–Kier alpha value is -2.96. The molecule has 2 amide bonds. The van der Waals surface area contributed by atoms with Crippen LogP contribution in [0.1, 0.15) is 50.1 Å². The molecule has 7 heteroatoms. The van der Waals surface area contributed by atoms with Crippen molar-refractivity contribution in [2.75, 3.05) is 26.2 Å². The number of hydrogen-bond donors (Lipinski definition) is 1. The quantitative estimate of drug-likeness (QED) is 0.730. The number of benzene rings is 1. The van der Waals surface area contributed by atoms with Gasteiger partial charge in [-0.15, -0.1) is 0 Å². The number of carbonyl (C=O) groups is 2. The van der Waals surface area contributed by atoms with E-state index in [1.807, 2.05) is 74.0 Å². The van der Waals surface area contributed by atoms with Gasteiger partial charge in [-0.2, -0.15) is 0 Å². The highest BCUT2D eigenvalue weighted by Gasteiger charge is 2.28. The molecule has 1 aromatic heterocycles. The van der Waals surface area contributed by atoms with Crippen LogP contribution in [0.25, 0.3) is 0 Å². The summed E-state index contributed by atoms with van der Waals surface area (Å²) in [5.74, 6) is 0.665. The average Bonchev–Trinajstić information content (AvgIpc) is 3.21. The summed E-state index contributed by atoms with van der Waals surface area (Å²) in [6.45, 7) is 7.67. The Morgan fingerprint density at radius 1 is 1.07 bits per heavy atom. The molecule has 0 bridgehead atoms. The number of amides is 2. The van der Waals surface area contributed by atoms with Gasteiger partial charge in [-0.05, 0) is 57.9 Å². The second-order valence-electron chi connectivity index (χ2n) is 8.42. The molecule has 2 aromatic rings. The Kier molecular flexibility index (Phi) is 7.03. The van der Waals surface area contributed by atoms with Crippen LogP contribution in [0.4, 0.5) is 4.79 Å². The maximum Gasteiger partial charge on any atom is 0.410 e. The van der Waals surface area contributed by atoms with Crippen LogP contribution in [0.3, 0.4) is 0 Å². The summed E-state index contributed by atoms with van der Waals surface area (Å²) in [5, 5.41) is 2.92. The van der Waals surface area contributed by atoms with Gasteiger partial charge in [0, 0.05) is 25.3 Å². The van der Waals surface area contributed by atoms with E-state index >= 15 is 0 Å². The number of carbonyl (C=O) groups excluding carboxylic acids is 2. The summed E-state index contributed by atoms with van der Waals surface area (Å²) in [6.07, 6.45) is 3.23. The fraction of sp³-hybridized carbons (Fsp3) is 0.478. The molecule has 0 saturated carbocycles. The van der Waals surface area contributed by atoms with Gasteiger partial charge in [0.05, 0.1) is 6.54 Å². The van der Waals surface area contributed by atoms with Crippen molar-refractivity contribution >= 4 is 12.0 Å². The molecular formula is C23H31N3O4. The van der Waals surface area contributed by atoms with E-state index < -0.39 is 5.60 Å². The molecule has 1 fully saturated rings. The van der Waals surface area contributed by atoms with Crippen molar-refractivity contribution in [3.05, 3.63) is 54.4 Å². The highest BCUT2D eigenvalue weighted by atomic mass is 16.6. The van der Waals surface area contributed by atoms with Crippen molar-refractivity contribution in [3.63, 3.8) is 0 Å². The van der Waals surface area contributed by atoms with Crippen LogP contribution in [0.15, 0.2) is 48.7 Å². The molecule has 0 spiro atoms. The lowest BCUT2D eigenvalue weighted by molar-refractivity contribution is 0.0187. The first-order valence-electron chi connectivity index (χ1n) is 10.4. The Morgan fingerprint density at radius 3 is 2.43 bits per heavy atom. The molecule has 0 unspecified atom stereocenters. The molecule has 30 heavy (non-hydrogen) atoms. The van der Waals surface area contributed by atoms with Crippen LogP contribution in [0.2, 0.25) is 0 Å². The van der Waals surface area contributed by atoms with Gasteiger partial charge in [-0.25, -0.2) is 4.79 Å². The van der Waals surface area contributed by atoms with Crippen molar-refractivity contribution in [2.24, 2.45) is 0 Å². The molecule has 162 valence electrons. The van der Waals surface area contributed by atoms with E-state index in [-0.39, 0.29) is 18.0 Å². The Bertz CT molecular complexity index is 834. The van der Waals surface area contributed by atoms with Gasteiger partial charge in [-0.1, -0.05) is 18.2 Å². The molecule has 1 N–H and O–H groups in total. The molecule has 0 aliphatic carbocycles. The van der Waals surface area contributed by atoms with Crippen molar-refractivity contribution in [1.82, 2.24) is 14.8 Å². The number of nitrogens with zero attached hydrogens (tertiary/aromatic N) is 2. The molecule has 0 radical (unpaired) electrons. The van der Waals surface area contributed by atoms with Crippen molar-refractivity contribution in [2.45, 2.75) is 45.3 Å². The third kappa shape index (κ3) is 6.02. The first-order valence-corrected chi connectivity index (χ1v) is 10.4. The fourth-order valence-corrected chi connectivity index (χ4v) is 3.50. The number of ether oxygens (including phenoxy) is 2. The van der Waals surface area contributed by atoms with E-state index in [2.05, 4.69) is 5.32 Å². The fourth-order valence-electron chi connectivity index (χ4n) is 3.50. The van der Waals surface area contributed by atoms with Gasteiger partial charge >= 0.3 is 6.09 Å². The first kappa shape index (κ1) is 21.7. The number of aromatic nitrogens is 1. The van der Waals surface area contributed by atoms with Crippen LogP contribution < -0.4 is 10.1 Å². The summed E-state index contributed by atoms with van der Waals surface area (Å²) in [6, 6.07) is 13.4. The lowest BCUT2D eigenvalue weighted by Gasteiger charge is -2.34. The highest BCUT2D eigenvalue weighted by molar-refractivity contribution is 5.92. The van der Waals surface area contributed by atoms with Gasteiger partial charge in [0.25, 0.3) is 5.91 Å². The molecule has 3 rings (SSSR count). The zero-order valence-corrected chi connectivity index (χ0v) is 18.0. The number of piperidine rings is 1. The first-order chi connectivity index (χ1) is 14.3. The monoisotopic (exact) mass is 413 g/mol. The lowest BCUT2D eigenvalue weighted by Crippen LogP contribution is -2.42. The summed E-state index contributed by atoms with van der Waals surface area (Å²) in [5.41, 5.74) is 0.134. The minimum atomic E-state index is -0.496. The average molecular weight is 414 g/mol. The van der Waals surface area contributed by atoms with Gasteiger partial charge in [-0.3, -0.25) is 4.79 Å². The maximum atomic E-state index is 12.6. The summed E-state index contributed by atoms with van der Waals surface area (Å²) >= 11 is 0. The second kappa shape index (κ2) is 9.69. The minimum absolute atomic E-state index is 0.119. The number of rotatable bonds is 6. The normalized spacial score (nSPS) is 15.0. The number of nitrogens with one attached hydrogen (secondary N) is 1. The molecule has 0 atom stereocenters. The smallest absolute Gasteiger partial charge is 0.410 e. The van der Waals surface area contributed by atoms with Gasteiger partial charge < -0.3 is 24.3 Å². The van der Waals surface area contributed by atoms with E-state index in [9.17, 15) is 9.59 Å². The zero-order valence-electron chi connectivity index (χ0n) is 18.0. The van der Waals surface area contributed by atoms with Gasteiger partial charge in [0.2, 0.25) is 0 Å². The second-order valence-corrected chi connectivity index (χ2v) is 8.42. The number of likely N-dealkylation sites (tertiary alicyclic amines) is 1. The van der Waals surface area contributed by atoms with E-state index in [1.54, 1.807) is 4.90 Å². The predicted molar refractivity (Wildman–Crippen MR) is 115 cm³/mol. The molecule has 7 nitrogen and oxygen atoms in total. The standard InChI is InChI=1S/C23H31N3O4/c1-23(2,3)30-22(28)25-15-11-18(12-16-25)26-14-7-10-20(26)21(27)24-13-17-29-19-8-5-4-6-9-19/h4-10,14,18H,11-13,15-17H2,1-3H3,(H,24,27). The zero-order chi connectivity index (χ0) is 21.6. The van der Waals surface area contributed by atoms with Crippen LogP contribution >= 0.6 is 0 Å². The predicted octanol–water partition coefficient (Wildman–Crippen LogP) is 3.87. The van der Waals surface area contributed by atoms with Gasteiger partial charge in [0.15, 0.2) is 0 Å². The number of hydrogen-bond acceptors (Lipinski definition) is 4. The lowest BCUT2D eigenvalue weighted by atomic mass is 10.0. The third-order valence-electron chi connectivity index (χ3n) is 4.92. The molecule has 1 aromatic carbocycles. The summed E-state index contributed by atoms with van der Waals surface area (Å²) in [4.78, 5) is 26.6. The minimum Gasteiger partial charge on any atom is -0.492 e. The Morgan fingerprint density at radius 2 is 1.77 bits per heavy atom.